The van der Waals surface area contributed by atoms with E-state index in [1.807, 2.05) is 0 Å². The van der Waals surface area contributed by atoms with Crippen molar-refractivity contribution < 1.29 is 14.7 Å². The maximum atomic E-state index is 12.4. The Bertz CT molecular complexity index is 607. The van der Waals surface area contributed by atoms with Gasteiger partial charge in [0.15, 0.2) is 0 Å². The lowest BCUT2D eigenvalue weighted by atomic mass is 9.97. The van der Waals surface area contributed by atoms with Crippen LogP contribution >= 0.6 is 0 Å². The average molecular weight is 335 g/mol. The van der Waals surface area contributed by atoms with Crippen molar-refractivity contribution in [2.45, 2.75) is 65.5 Å². The highest BCUT2D eigenvalue weighted by Crippen LogP contribution is 2.22. The van der Waals surface area contributed by atoms with Crippen molar-refractivity contribution in [3.8, 4) is 0 Å². The van der Waals surface area contributed by atoms with E-state index in [1.165, 1.54) is 19.3 Å². The number of H-pyrrole nitrogens is 1. The van der Waals surface area contributed by atoms with Crippen LogP contribution in [-0.4, -0.2) is 52.0 Å². The number of aromatic nitrogens is 1. The summed E-state index contributed by atoms with van der Waals surface area (Å²) in [5.74, 6) is -1.23. The van der Waals surface area contributed by atoms with Crippen molar-refractivity contribution in [2.75, 3.05) is 13.1 Å². The summed E-state index contributed by atoms with van der Waals surface area (Å²) in [5.41, 5.74) is 1.65. The second-order valence-corrected chi connectivity index (χ2v) is 6.96. The molecular formula is C18H29N3O3. The van der Waals surface area contributed by atoms with Crippen LogP contribution in [-0.2, 0) is 0 Å². The molecule has 1 amide bonds. The number of nitrogens with one attached hydrogen (secondary N) is 2. The van der Waals surface area contributed by atoms with Crippen molar-refractivity contribution in [3.05, 3.63) is 22.5 Å². The molecule has 1 aromatic rings. The molecule has 1 saturated heterocycles. The van der Waals surface area contributed by atoms with Crippen LogP contribution in [0.1, 0.15) is 71.6 Å². The van der Waals surface area contributed by atoms with E-state index in [2.05, 4.69) is 29.0 Å². The van der Waals surface area contributed by atoms with E-state index in [9.17, 15) is 9.59 Å². The highest BCUT2D eigenvalue weighted by atomic mass is 16.4. The third-order valence-electron chi connectivity index (χ3n) is 4.98. The molecule has 0 aliphatic carbocycles. The average Bonchev–Trinajstić information content (AvgIpc) is 2.82. The van der Waals surface area contributed by atoms with Gasteiger partial charge in [-0.3, -0.25) is 9.69 Å². The predicted molar refractivity (Wildman–Crippen MR) is 93.7 cm³/mol. The first-order valence-electron chi connectivity index (χ1n) is 8.79. The summed E-state index contributed by atoms with van der Waals surface area (Å²) >= 11 is 0. The smallest absolute Gasteiger partial charge is 0.352 e. The Morgan fingerprint density at radius 1 is 1.33 bits per heavy atom. The van der Waals surface area contributed by atoms with Crippen LogP contribution in [0.3, 0.4) is 0 Å². The Kier molecular flexibility index (Phi) is 6.04. The van der Waals surface area contributed by atoms with Gasteiger partial charge in [0.1, 0.15) is 5.69 Å². The fraction of sp³-hybridized carbons (Fsp3) is 0.667. The number of carbonyl (C=O) groups is 2. The highest BCUT2D eigenvalue weighted by molar-refractivity contribution is 6.00. The summed E-state index contributed by atoms with van der Waals surface area (Å²) < 4.78 is 0. The van der Waals surface area contributed by atoms with Crippen LogP contribution < -0.4 is 5.32 Å². The molecule has 1 aliphatic rings. The Labute approximate surface area is 143 Å². The molecule has 1 atom stereocenters. The molecule has 2 rings (SSSR count). The molecule has 0 spiro atoms. The predicted octanol–water partition coefficient (Wildman–Crippen LogP) is 2.71. The number of rotatable bonds is 6. The number of piperidine rings is 1. The number of hydrogen-bond donors (Lipinski definition) is 3. The lowest BCUT2D eigenvalue weighted by Crippen LogP contribution is -2.45. The Morgan fingerprint density at radius 3 is 2.62 bits per heavy atom. The van der Waals surface area contributed by atoms with Gasteiger partial charge >= 0.3 is 5.97 Å². The summed E-state index contributed by atoms with van der Waals surface area (Å²) in [6.45, 7) is 9.58. The first-order chi connectivity index (χ1) is 11.3. The van der Waals surface area contributed by atoms with Gasteiger partial charge in [-0.25, -0.2) is 4.79 Å². The summed E-state index contributed by atoms with van der Waals surface area (Å²) in [5, 5.41) is 12.1. The molecule has 24 heavy (non-hydrogen) atoms. The number of likely N-dealkylation sites (tertiary alicyclic amines) is 1. The zero-order valence-electron chi connectivity index (χ0n) is 15.1. The standard InChI is InChI=1S/C18H29N3O3/c1-11(2)21-10-6-5-7-14(21)8-9-19-17(22)15-12(3)16(18(23)24)20-13(15)4/h11,14,20H,5-10H2,1-4H3,(H,19,22)(H,23,24)/t14-/m0/s1. The van der Waals surface area contributed by atoms with Gasteiger partial charge in [-0.05, 0) is 59.1 Å². The van der Waals surface area contributed by atoms with Crippen molar-refractivity contribution in [1.82, 2.24) is 15.2 Å². The first-order valence-corrected chi connectivity index (χ1v) is 8.79. The molecule has 3 N–H and O–H groups in total. The molecule has 0 radical (unpaired) electrons. The van der Waals surface area contributed by atoms with Gasteiger partial charge in [0.2, 0.25) is 0 Å². The van der Waals surface area contributed by atoms with E-state index in [0.29, 0.717) is 35.4 Å². The third-order valence-corrected chi connectivity index (χ3v) is 4.98. The van der Waals surface area contributed by atoms with Crippen molar-refractivity contribution in [1.29, 1.82) is 0 Å². The second-order valence-electron chi connectivity index (χ2n) is 6.96. The van der Waals surface area contributed by atoms with Gasteiger partial charge in [-0.1, -0.05) is 6.42 Å². The quantitative estimate of drug-likeness (QED) is 0.746. The van der Waals surface area contributed by atoms with Gasteiger partial charge in [0.05, 0.1) is 5.56 Å². The lowest BCUT2D eigenvalue weighted by molar-refractivity contribution is 0.0690. The van der Waals surface area contributed by atoms with Gasteiger partial charge in [0, 0.05) is 24.3 Å². The molecule has 2 heterocycles. The number of aromatic carboxylic acids is 1. The van der Waals surface area contributed by atoms with E-state index in [0.717, 1.165) is 13.0 Å². The molecule has 134 valence electrons. The minimum absolute atomic E-state index is 0.0934. The second kappa shape index (κ2) is 7.83. The number of amides is 1. The topological polar surface area (TPSA) is 85.4 Å². The van der Waals surface area contributed by atoms with Crippen LogP contribution in [0, 0.1) is 13.8 Å². The number of hydrogen-bond acceptors (Lipinski definition) is 3. The van der Waals surface area contributed by atoms with Gasteiger partial charge in [0.25, 0.3) is 5.91 Å². The van der Waals surface area contributed by atoms with Gasteiger partial charge in [-0.2, -0.15) is 0 Å². The number of carboxylic acids is 1. The van der Waals surface area contributed by atoms with E-state index < -0.39 is 5.97 Å². The van der Waals surface area contributed by atoms with E-state index in [1.54, 1.807) is 13.8 Å². The number of carboxylic acid groups (broad SMARTS) is 1. The van der Waals surface area contributed by atoms with Crippen LogP contribution in [0.25, 0.3) is 0 Å². The first kappa shape index (κ1) is 18.5. The molecule has 0 saturated carbocycles. The summed E-state index contributed by atoms with van der Waals surface area (Å²) in [7, 11) is 0. The fourth-order valence-corrected chi connectivity index (χ4v) is 3.76. The molecule has 1 aliphatic heterocycles. The maximum absolute atomic E-state index is 12.4. The van der Waals surface area contributed by atoms with E-state index in [-0.39, 0.29) is 11.6 Å². The van der Waals surface area contributed by atoms with Crippen LogP contribution in [0.15, 0.2) is 0 Å². The maximum Gasteiger partial charge on any atom is 0.352 e. The number of nitrogens with zero attached hydrogens (tertiary/aromatic N) is 1. The Balaban J connectivity index is 1.95. The normalized spacial score (nSPS) is 18.8. The third kappa shape index (κ3) is 3.98. The van der Waals surface area contributed by atoms with Crippen molar-refractivity contribution in [3.63, 3.8) is 0 Å². The van der Waals surface area contributed by atoms with Crippen LogP contribution in [0.5, 0.6) is 0 Å². The lowest BCUT2D eigenvalue weighted by Gasteiger charge is -2.38. The molecule has 0 unspecified atom stereocenters. The molecule has 6 nitrogen and oxygen atoms in total. The zero-order valence-corrected chi connectivity index (χ0v) is 15.1. The minimum Gasteiger partial charge on any atom is -0.477 e. The Hall–Kier alpha value is -1.82. The number of aromatic amines is 1. The van der Waals surface area contributed by atoms with Crippen LogP contribution in [0.4, 0.5) is 0 Å². The summed E-state index contributed by atoms with van der Waals surface area (Å²) in [6, 6.07) is 1.04. The number of carbonyl (C=O) groups excluding carboxylic acids is 1. The molecule has 1 fully saturated rings. The SMILES string of the molecule is Cc1[nH]c(C(=O)O)c(C)c1C(=O)NCC[C@@H]1CCCCN1C(C)C. The molecule has 6 heteroatoms. The fourth-order valence-electron chi connectivity index (χ4n) is 3.76. The number of aryl methyl sites for hydroxylation is 1. The summed E-state index contributed by atoms with van der Waals surface area (Å²) in [4.78, 5) is 28.9. The van der Waals surface area contributed by atoms with Gasteiger partial charge < -0.3 is 15.4 Å². The Morgan fingerprint density at radius 2 is 2.04 bits per heavy atom. The molecule has 0 bridgehead atoms. The van der Waals surface area contributed by atoms with E-state index >= 15 is 0 Å². The van der Waals surface area contributed by atoms with E-state index in [4.69, 9.17) is 5.11 Å². The largest absolute Gasteiger partial charge is 0.477 e. The minimum atomic E-state index is -1.04. The van der Waals surface area contributed by atoms with Gasteiger partial charge in [-0.15, -0.1) is 0 Å². The molecular weight excluding hydrogens is 306 g/mol. The summed E-state index contributed by atoms with van der Waals surface area (Å²) in [6.07, 6.45) is 4.61. The van der Waals surface area contributed by atoms with Crippen molar-refractivity contribution >= 4 is 11.9 Å². The monoisotopic (exact) mass is 335 g/mol. The van der Waals surface area contributed by atoms with Crippen LogP contribution in [0.2, 0.25) is 0 Å². The highest BCUT2D eigenvalue weighted by Gasteiger charge is 2.25. The zero-order chi connectivity index (χ0) is 17.9. The van der Waals surface area contributed by atoms with Crippen molar-refractivity contribution in [2.24, 2.45) is 0 Å². The molecule has 1 aromatic heterocycles. The molecule has 0 aromatic carbocycles.